The molecule has 1 saturated carbocycles. The van der Waals surface area contributed by atoms with Crippen molar-refractivity contribution in [1.29, 1.82) is 0 Å². The first-order valence-electron chi connectivity index (χ1n) is 9.54. The van der Waals surface area contributed by atoms with Crippen molar-refractivity contribution < 1.29 is 4.74 Å². The summed E-state index contributed by atoms with van der Waals surface area (Å²) in [6, 6.07) is 10.8. The molecule has 2 aromatic rings. The van der Waals surface area contributed by atoms with Crippen LogP contribution >= 0.6 is 0 Å². The molecule has 1 aliphatic rings. The monoisotopic (exact) mass is 338 g/mol. The summed E-state index contributed by atoms with van der Waals surface area (Å²) in [7, 11) is 4.17. The van der Waals surface area contributed by atoms with Crippen molar-refractivity contribution in [1.82, 2.24) is 9.88 Å². The van der Waals surface area contributed by atoms with Gasteiger partial charge in [0.1, 0.15) is 12.4 Å². The number of hydrogen-bond acceptors (Lipinski definition) is 3. The van der Waals surface area contributed by atoms with E-state index in [1.807, 2.05) is 12.3 Å². The van der Waals surface area contributed by atoms with E-state index < -0.39 is 0 Å². The van der Waals surface area contributed by atoms with Crippen molar-refractivity contribution in [2.24, 2.45) is 0 Å². The van der Waals surface area contributed by atoms with Crippen molar-refractivity contribution in [3.8, 4) is 17.0 Å². The van der Waals surface area contributed by atoms with Crippen LogP contribution in [-0.2, 0) is 6.42 Å². The average Bonchev–Trinajstić information content (AvgIpc) is 2.56. The van der Waals surface area contributed by atoms with E-state index in [9.17, 15) is 0 Å². The largest absolute Gasteiger partial charge is 0.492 e. The summed E-state index contributed by atoms with van der Waals surface area (Å²) in [5, 5.41) is 0. The standard InChI is InChI=1S/C22H30N2O/c1-4-8-18-15-20(21-11-5-6-12-23-21)19(17-9-7-10-17)16-22(18)25-14-13-24(2)3/h5-6,11-12,15-17H,4,7-10,13-14H2,1-3H3. The average molecular weight is 338 g/mol. The van der Waals surface area contributed by atoms with Gasteiger partial charge in [0.25, 0.3) is 0 Å². The maximum absolute atomic E-state index is 6.19. The summed E-state index contributed by atoms with van der Waals surface area (Å²) in [6.07, 6.45) is 7.95. The molecule has 1 aromatic heterocycles. The number of rotatable bonds is 8. The number of ether oxygens (including phenoxy) is 1. The highest BCUT2D eigenvalue weighted by Crippen LogP contribution is 2.43. The van der Waals surface area contributed by atoms with Crippen LogP contribution in [0.25, 0.3) is 11.3 Å². The lowest BCUT2D eigenvalue weighted by Gasteiger charge is -2.29. The van der Waals surface area contributed by atoms with Crippen LogP contribution in [0.4, 0.5) is 0 Å². The van der Waals surface area contributed by atoms with E-state index in [1.165, 1.54) is 36.0 Å². The van der Waals surface area contributed by atoms with Gasteiger partial charge in [-0.15, -0.1) is 0 Å². The summed E-state index contributed by atoms with van der Waals surface area (Å²) in [6.45, 7) is 3.90. The SMILES string of the molecule is CCCc1cc(-c2ccccn2)c(C2CCC2)cc1OCCN(C)C. The minimum atomic E-state index is 0.656. The van der Waals surface area contributed by atoms with Crippen LogP contribution in [-0.4, -0.2) is 37.1 Å². The Kier molecular flexibility index (Phi) is 6.09. The van der Waals surface area contributed by atoms with E-state index in [1.54, 1.807) is 0 Å². The molecule has 3 nitrogen and oxygen atoms in total. The molecular formula is C22H30N2O. The third-order valence-electron chi connectivity index (χ3n) is 5.03. The molecule has 1 aliphatic carbocycles. The fourth-order valence-electron chi connectivity index (χ4n) is 3.38. The van der Waals surface area contributed by atoms with Crippen molar-refractivity contribution in [2.45, 2.75) is 44.9 Å². The fourth-order valence-corrected chi connectivity index (χ4v) is 3.38. The van der Waals surface area contributed by atoms with Crippen LogP contribution in [0.3, 0.4) is 0 Å². The minimum Gasteiger partial charge on any atom is -0.492 e. The molecule has 0 atom stereocenters. The van der Waals surface area contributed by atoms with E-state index in [0.717, 1.165) is 37.4 Å². The Bertz CT molecular complexity index is 678. The zero-order valence-electron chi connectivity index (χ0n) is 15.8. The van der Waals surface area contributed by atoms with E-state index >= 15 is 0 Å². The second-order valence-corrected chi connectivity index (χ2v) is 7.29. The molecule has 0 amide bonds. The summed E-state index contributed by atoms with van der Waals surface area (Å²) in [5.74, 6) is 1.73. The van der Waals surface area contributed by atoms with Crippen molar-refractivity contribution in [3.63, 3.8) is 0 Å². The van der Waals surface area contributed by atoms with Crippen LogP contribution in [0.15, 0.2) is 36.5 Å². The van der Waals surface area contributed by atoms with Gasteiger partial charge in [0.2, 0.25) is 0 Å². The van der Waals surface area contributed by atoms with Gasteiger partial charge < -0.3 is 9.64 Å². The quantitative estimate of drug-likeness (QED) is 0.684. The number of aryl methyl sites for hydroxylation is 1. The van der Waals surface area contributed by atoms with Gasteiger partial charge in [0, 0.05) is 18.3 Å². The molecule has 0 bridgehead atoms. The Morgan fingerprint density at radius 3 is 2.64 bits per heavy atom. The van der Waals surface area contributed by atoms with Gasteiger partial charge in [-0.2, -0.15) is 0 Å². The van der Waals surface area contributed by atoms with Crippen LogP contribution in [0.5, 0.6) is 5.75 Å². The molecule has 1 aromatic carbocycles. The summed E-state index contributed by atoms with van der Waals surface area (Å²) < 4.78 is 6.19. The Labute approximate surface area is 152 Å². The molecule has 0 unspecified atom stereocenters. The normalized spacial score (nSPS) is 14.6. The summed E-state index contributed by atoms with van der Waals surface area (Å²) in [5.41, 5.74) is 5.12. The highest BCUT2D eigenvalue weighted by Gasteiger charge is 2.25. The molecule has 134 valence electrons. The highest BCUT2D eigenvalue weighted by molar-refractivity contribution is 5.68. The maximum Gasteiger partial charge on any atom is 0.122 e. The molecule has 0 N–H and O–H groups in total. The van der Waals surface area contributed by atoms with Gasteiger partial charge in [-0.25, -0.2) is 0 Å². The van der Waals surface area contributed by atoms with Gasteiger partial charge in [0.15, 0.2) is 0 Å². The predicted molar refractivity (Wildman–Crippen MR) is 104 cm³/mol. The van der Waals surface area contributed by atoms with Crippen molar-refractivity contribution in [3.05, 3.63) is 47.7 Å². The molecule has 0 spiro atoms. The molecule has 3 rings (SSSR count). The molecule has 1 fully saturated rings. The number of benzene rings is 1. The smallest absolute Gasteiger partial charge is 0.122 e. The lowest BCUT2D eigenvalue weighted by Crippen LogP contribution is -2.20. The number of nitrogens with zero attached hydrogens (tertiary/aromatic N) is 2. The minimum absolute atomic E-state index is 0.656. The van der Waals surface area contributed by atoms with E-state index in [4.69, 9.17) is 4.74 Å². The van der Waals surface area contributed by atoms with Gasteiger partial charge in [-0.1, -0.05) is 25.8 Å². The first-order chi connectivity index (χ1) is 12.2. The van der Waals surface area contributed by atoms with E-state index in [2.05, 4.69) is 55.2 Å². The summed E-state index contributed by atoms with van der Waals surface area (Å²) >= 11 is 0. The second-order valence-electron chi connectivity index (χ2n) is 7.29. The van der Waals surface area contributed by atoms with Crippen LogP contribution < -0.4 is 4.74 Å². The summed E-state index contributed by atoms with van der Waals surface area (Å²) in [4.78, 5) is 6.78. The lowest BCUT2D eigenvalue weighted by atomic mass is 9.77. The van der Waals surface area contributed by atoms with Crippen LogP contribution in [0.2, 0.25) is 0 Å². The molecular weight excluding hydrogens is 308 g/mol. The topological polar surface area (TPSA) is 25.4 Å². The van der Waals surface area contributed by atoms with Gasteiger partial charge >= 0.3 is 0 Å². The number of hydrogen-bond donors (Lipinski definition) is 0. The van der Waals surface area contributed by atoms with Crippen molar-refractivity contribution >= 4 is 0 Å². The first-order valence-corrected chi connectivity index (χ1v) is 9.54. The zero-order valence-corrected chi connectivity index (χ0v) is 15.8. The van der Waals surface area contributed by atoms with Crippen LogP contribution in [0.1, 0.15) is 49.7 Å². The first kappa shape index (κ1) is 17.9. The molecule has 0 aliphatic heterocycles. The third-order valence-corrected chi connectivity index (χ3v) is 5.03. The van der Waals surface area contributed by atoms with Gasteiger partial charge in [0.05, 0.1) is 5.69 Å². The zero-order chi connectivity index (χ0) is 17.6. The fraction of sp³-hybridized carbons (Fsp3) is 0.500. The third kappa shape index (κ3) is 4.40. The van der Waals surface area contributed by atoms with E-state index in [0.29, 0.717) is 5.92 Å². The van der Waals surface area contributed by atoms with Gasteiger partial charge in [-0.05, 0) is 74.7 Å². The number of likely N-dealkylation sites (N-methyl/N-ethyl adjacent to an activating group) is 1. The van der Waals surface area contributed by atoms with Gasteiger partial charge in [-0.3, -0.25) is 4.98 Å². The molecule has 3 heteroatoms. The number of pyridine rings is 1. The lowest BCUT2D eigenvalue weighted by molar-refractivity contribution is 0.259. The highest BCUT2D eigenvalue weighted by atomic mass is 16.5. The molecule has 0 saturated heterocycles. The Morgan fingerprint density at radius 1 is 1.20 bits per heavy atom. The molecule has 0 radical (unpaired) electrons. The second kappa shape index (κ2) is 8.48. The molecule has 25 heavy (non-hydrogen) atoms. The Hall–Kier alpha value is -1.87. The van der Waals surface area contributed by atoms with E-state index in [-0.39, 0.29) is 0 Å². The number of aromatic nitrogens is 1. The van der Waals surface area contributed by atoms with Crippen molar-refractivity contribution in [2.75, 3.05) is 27.2 Å². The predicted octanol–water partition coefficient (Wildman–Crippen LogP) is 4.91. The van der Waals surface area contributed by atoms with Crippen LogP contribution in [0, 0.1) is 0 Å². The maximum atomic E-state index is 6.19. The Morgan fingerprint density at radius 2 is 2.04 bits per heavy atom. The Balaban J connectivity index is 1.97. The molecule has 1 heterocycles.